The number of ether oxygens (including phenoxy) is 4. The fraction of sp³-hybridized carbons (Fsp3) is 0.600. The number of allylic oxidation sites excluding steroid dienone is 1. The van der Waals surface area contributed by atoms with Gasteiger partial charge in [-0.2, -0.15) is 0 Å². The van der Waals surface area contributed by atoms with E-state index in [0.717, 1.165) is 5.56 Å². The molecule has 2 saturated heterocycles. The lowest BCUT2D eigenvalue weighted by Crippen LogP contribution is -2.61. The molecule has 1 aromatic rings. The Morgan fingerprint density at radius 3 is 2.43 bits per heavy atom. The van der Waals surface area contributed by atoms with E-state index in [9.17, 15) is 30.6 Å². The summed E-state index contributed by atoms with van der Waals surface area (Å²) in [6, 6.07) is 7.00. The molecule has 6 N–H and O–H groups in total. The first kappa shape index (κ1) is 23.1. The molecule has 2 aliphatic rings. The van der Waals surface area contributed by atoms with Crippen molar-refractivity contribution in [3.8, 4) is 5.75 Å². The molecule has 2 fully saturated rings. The van der Waals surface area contributed by atoms with Crippen molar-refractivity contribution in [1.29, 1.82) is 0 Å². The topological polar surface area (TPSA) is 158 Å². The highest BCUT2D eigenvalue weighted by Gasteiger charge is 2.46. The van der Waals surface area contributed by atoms with Gasteiger partial charge in [-0.1, -0.05) is 24.3 Å². The van der Waals surface area contributed by atoms with E-state index in [4.69, 9.17) is 18.9 Å². The van der Waals surface area contributed by atoms with Gasteiger partial charge in [-0.05, 0) is 24.6 Å². The Labute approximate surface area is 173 Å². The van der Waals surface area contributed by atoms with E-state index in [1.165, 1.54) is 0 Å². The fourth-order valence-corrected chi connectivity index (χ4v) is 3.29. The zero-order chi connectivity index (χ0) is 21.8. The summed E-state index contributed by atoms with van der Waals surface area (Å²) in [7, 11) is 0. The van der Waals surface area contributed by atoms with Crippen LogP contribution in [-0.4, -0.2) is 99.2 Å². The van der Waals surface area contributed by atoms with Crippen molar-refractivity contribution >= 4 is 6.08 Å². The largest absolute Gasteiger partial charge is 0.462 e. The summed E-state index contributed by atoms with van der Waals surface area (Å²) >= 11 is 0. The van der Waals surface area contributed by atoms with Crippen LogP contribution in [0.2, 0.25) is 0 Å². The Hall–Kier alpha value is -1.60. The lowest BCUT2D eigenvalue weighted by molar-refractivity contribution is -0.307. The standard InChI is InChI=1S/C20H28O10/c1-2-4-10-5-3-6-11(7-10)29-20-18(26)16(24)15(23)13(30-20)9-28-19-17(25)14(22)12(21)8-27-19/h2-7,12-26H,8-9H2,1H3/b4-2-/t12-,13+,14-,15+,16-,17+,18+,19?,20+/m0/s1. The first-order valence-corrected chi connectivity index (χ1v) is 9.68. The van der Waals surface area contributed by atoms with Gasteiger partial charge in [-0.25, -0.2) is 0 Å². The fourth-order valence-electron chi connectivity index (χ4n) is 3.29. The minimum Gasteiger partial charge on any atom is -0.462 e. The van der Waals surface area contributed by atoms with Gasteiger partial charge >= 0.3 is 0 Å². The first-order chi connectivity index (χ1) is 14.3. The maximum atomic E-state index is 10.2. The highest BCUT2D eigenvalue weighted by molar-refractivity contribution is 5.51. The molecule has 1 unspecified atom stereocenters. The molecule has 0 aromatic heterocycles. The Morgan fingerprint density at radius 1 is 0.967 bits per heavy atom. The van der Waals surface area contributed by atoms with Gasteiger partial charge in [0.25, 0.3) is 0 Å². The van der Waals surface area contributed by atoms with Crippen molar-refractivity contribution in [2.75, 3.05) is 13.2 Å². The molecular formula is C20H28O10. The van der Waals surface area contributed by atoms with E-state index in [0.29, 0.717) is 5.75 Å². The molecule has 0 amide bonds. The Kier molecular flexibility index (Phi) is 7.80. The van der Waals surface area contributed by atoms with E-state index in [2.05, 4.69) is 0 Å². The van der Waals surface area contributed by atoms with Gasteiger partial charge in [0, 0.05) is 0 Å². The number of hydrogen-bond donors (Lipinski definition) is 6. The first-order valence-electron chi connectivity index (χ1n) is 9.68. The third-order valence-corrected chi connectivity index (χ3v) is 5.02. The third-order valence-electron chi connectivity index (χ3n) is 5.02. The molecule has 0 saturated carbocycles. The summed E-state index contributed by atoms with van der Waals surface area (Å²) in [5.74, 6) is 0.390. The van der Waals surface area contributed by atoms with E-state index in [-0.39, 0.29) is 13.2 Å². The maximum absolute atomic E-state index is 10.2. The van der Waals surface area contributed by atoms with Crippen LogP contribution in [-0.2, 0) is 14.2 Å². The molecule has 3 rings (SSSR count). The van der Waals surface area contributed by atoms with Gasteiger partial charge in [0.15, 0.2) is 6.29 Å². The van der Waals surface area contributed by atoms with Gasteiger partial charge in [0.2, 0.25) is 6.29 Å². The highest BCUT2D eigenvalue weighted by atomic mass is 16.7. The van der Waals surface area contributed by atoms with Crippen LogP contribution in [0.15, 0.2) is 30.3 Å². The molecule has 0 bridgehead atoms. The molecule has 2 heterocycles. The predicted molar refractivity (Wildman–Crippen MR) is 102 cm³/mol. The van der Waals surface area contributed by atoms with Crippen molar-refractivity contribution < 1.29 is 49.6 Å². The van der Waals surface area contributed by atoms with Crippen LogP contribution in [0.1, 0.15) is 12.5 Å². The molecule has 10 heteroatoms. The second-order valence-corrected chi connectivity index (χ2v) is 7.29. The number of aliphatic hydroxyl groups excluding tert-OH is 6. The van der Waals surface area contributed by atoms with Gasteiger partial charge in [-0.15, -0.1) is 0 Å². The monoisotopic (exact) mass is 428 g/mol. The van der Waals surface area contributed by atoms with Crippen molar-refractivity contribution in [3.63, 3.8) is 0 Å². The van der Waals surface area contributed by atoms with Crippen molar-refractivity contribution in [2.24, 2.45) is 0 Å². The number of rotatable bonds is 6. The molecule has 168 valence electrons. The lowest BCUT2D eigenvalue weighted by Gasteiger charge is -2.41. The molecule has 0 radical (unpaired) electrons. The summed E-state index contributed by atoms with van der Waals surface area (Å²) in [5.41, 5.74) is 0.866. The van der Waals surface area contributed by atoms with E-state index >= 15 is 0 Å². The highest BCUT2D eigenvalue weighted by Crippen LogP contribution is 2.26. The summed E-state index contributed by atoms with van der Waals surface area (Å²) in [4.78, 5) is 0. The average molecular weight is 428 g/mol. The summed E-state index contributed by atoms with van der Waals surface area (Å²) in [6.45, 7) is 1.29. The van der Waals surface area contributed by atoms with Crippen LogP contribution >= 0.6 is 0 Å². The van der Waals surface area contributed by atoms with Crippen LogP contribution in [0, 0.1) is 0 Å². The van der Waals surface area contributed by atoms with E-state index in [1.807, 2.05) is 25.1 Å². The summed E-state index contributed by atoms with van der Waals surface area (Å²) < 4.78 is 21.8. The second-order valence-electron chi connectivity index (χ2n) is 7.29. The van der Waals surface area contributed by atoms with Gasteiger partial charge < -0.3 is 49.6 Å². The smallest absolute Gasteiger partial charge is 0.229 e. The van der Waals surface area contributed by atoms with Crippen LogP contribution in [0.4, 0.5) is 0 Å². The Morgan fingerprint density at radius 2 is 1.70 bits per heavy atom. The number of benzene rings is 1. The minimum atomic E-state index is -1.57. The average Bonchev–Trinajstić information content (AvgIpc) is 2.73. The SMILES string of the molecule is C/C=C\c1cccc(O[C@@H]2O[C@H](COC3OC[C@H](O)[C@H](O)[C@H]3O)[C@@H](O)[C@H](O)[C@H]2O)c1. The zero-order valence-electron chi connectivity index (χ0n) is 16.4. The van der Waals surface area contributed by atoms with Gasteiger partial charge in [0.1, 0.15) is 48.5 Å². The lowest BCUT2D eigenvalue weighted by atomic mass is 9.99. The maximum Gasteiger partial charge on any atom is 0.229 e. The van der Waals surface area contributed by atoms with Crippen molar-refractivity contribution in [1.82, 2.24) is 0 Å². The van der Waals surface area contributed by atoms with Crippen LogP contribution in [0.5, 0.6) is 5.75 Å². The molecule has 0 spiro atoms. The quantitative estimate of drug-likeness (QED) is 0.310. The van der Waals surface area contributed by atoms with Crippen LogP contribution < -0.4 is 4.74 Å². The molecule has 10 nitrogen and oxygen atoms in total. The molecule has 0 aliphatic carbocycles. The molecule has 1 aromatic carbocycles. The summed E-state index contributed by atoms with van der Waals surface area (Å²) in [6.07, 6.45) is -8.74. The molecular weight excluding hydrogens is 400 g/mol. The van der Waals surface area contributed by atoms with Gasteiger partial charge in [0.05, 0.1) is 13.2 Å². The molecule has 9 atom stereocenters. The minimum absolute atomic E-state index is 0.243. The summed E-state index contributed by atoms with van der Waals surface area (Å²) in [5, 5.41) is 59.8. The van der Waals surface area contributed by atoms with E-state index in [1.54, 1.807) is 18.2 Å². The number of aliphatic hydroxyl groups is 6. The van der Waals surface area contributed by atoms with Crippen molar-refractivity contribution in [2.45, 2.75) is 62.2 Å². The Balaban J connectivity index is 1.63. The molecule has 2 aliphatic heterocycles. The third kappa shape index (κ3) is 5.17. The van der Waals surface area contributed by atoms with Crippen LogP contribution in [0.25, 0.3) is 6.08 Å². The Bertz CT molecular complexity index is 713. The normalized spacial score (nSPS) is 39.9. The predicted octanol–water partition coefficient (Wildman–Crippen LogP) is -1.64. The molecule has 30 heavy (non-hydrogen) atoms. The van der Waals surface area contributed by atoms with Crippen LogP contribution in [0.3, 0.4) is 0 Å². The van der Waals surface area contributed by atoms with Gasteiger partial charge in [-0.3, -0.25) is 0 Å². The second kappa shape index (κ2) is 10.1. The zero-order valence-corrected chi connectivity index (χ0v) is 16.4. The van der Waals surface area contributed by atoms with Crippen molar-refractivity contribution in [3.05, 3.63) is 35.9 Å². The van der Waals surface area contributed by atoms with E-state index < -0.39 is 55.3 Å². The number of hydrogen-bond acceptors (Lipinski definition) is 10.